The summed E-state index contributed by atoms with van der Waals surface area (Å²) in [6.45, 7) is 11.5. The molecule has 2 nitrogen and oxygen atoms in total. The summed E-state index contributed by atoms with van der Waals surface area (Å²) < 4.78 is 5.88. The molecular weight excluding hydrogens is 270 g/mol. The zero-order valence-corrected chi connectivity index (χ0v) is 14.7. The van der Waals surface area contributed by atoms with Gasteiger partial charge in [0.25, 0.3) is 0 Å². The molecule has 0 unspecified atom stereocenters. The van der Waals surface area contributed by atoms with Crippen molar-refractivity contribution in [2.45, 2.75) is 52.9 Å². The van der Waals surface area contributed by atoms with Gasteiger partial charge in [-0.3, -0.25) is 0 Å². The van der Waals surface area contributed by atoms with Gasteiger partial charge in [0.15, 0.2) is 0 Å². The van der Waals surface area contributed by atoms with Crippen molar-refractivity contribution in [1.29, 1.82) is 0 Å². The van der Waals surface area contributed by atoms with Gasteiger partial charge in [-0.25, -0.2) is 0 Å². The van der Waals surface area contributed by atoms with Crippen LogP contribution in [0.4, 0.5) is 0 Å². The van der Waals surface area contributed by atoms with Crippen LogP contribution in [0.25, 0.3) is 0 Å². The summed E-state index contributed by atoms with van der Waals surface area (Å²) in [7, 11) is 0. The summed E-state index contributed by atoms with van der Waals surface area (Å²) in [4.78, 5) is 2.61. The number of benzene rings is 1. The van der Waals surface area contributed by atoms with Crippen molar-refractivity contribution in [1.82, 2.24) is 4.90 Å². The Morgan fingerprint density at radius 3 is 2.36 bits per heavy atom. The highest BCUT2D eigenvalue weighted by molar-refractivity contribution is 5.27. The third-order valence-electron chi connectivity index (χ3n) is 4.57. The zero-order chi connectivity index (χ0) is 15.8. The van der Waals surface area contributed by atoms with E-state index >= 15 is 0 Å². The van der Waals surface area contributed by atoms with Crippen molar-refractivity contribution in [3.8, 4) is 5.75 Å². The van der Waals surface area contributed by atoms with Crippen LogP contribution in [0.15, 0.2) is 24.3 Å². The van der Waals surface area contributed by atoms with Crippen LogP contribution in [0, 0.1) is 11.8 Å². The quantitative estimate of drug-likeness (QED) is 0.641. The normalized spacial score (nSPS) is 22.7. The highest BCUT2D eigenvalue weighted by atomic mass is 16.5. The first-order chi connectivity index (χ1) is 10.7. The average molecular weight is 303 g/mol. The van der Waals surface area contributed by atoms with Gasteiger partial charge in [0.1, 0.15) is 5.75 Å². The first kappa shape index (κ1) is 17.3. The van der Waals surface area contributed by atoms with Gasteiger partial charge in [-0.2, -0.15) is 0 Å². The molecule has 0 bridgehead atoms. The maximum atomic E-state index is 5.88. The lowest BCUT2D eigenvalue weighted by Crippen LogP contribution is -2.39. The van der Waals surface area contributed by atoms with Crippen molar-refractivity contribution in [3.63, 3.8) is 0 Å². The molecule has 1 aromatic rings. The van der Waals surface area contributed by atoms with Crippen molar-refractivity contribution in [3.05, 3.63) is 29.8 Å². The summed E-state index contributed by atoms with van der Waals surface area (Å²) in [5.41, 5.74) is 1.42. The van der Waals surface area contributed by atoms with E-state index in [2.05, 4.69) is 49.9 Å². The van der Waals surface area contributed by atoms with E-state index in [0.29, 0.717) is 0 Å². The molecule has 2 heteroatoms. The Labute approximate surface area is 136 Å². The lowest BCUT2D eigenvalue weighted by molar-refractivity contribution is 0.132. The van der Waals surface area contributed by atoms with Crippen LogP contribution >= 0.6 is 0 Å². The Balaban J connectivity index is 1.64. The molecule has 1 heterocycles. The largest absolute Gasteiger partial charge is 0.494 e. The van der Waals surface area contributed by atoms with Gasteiger partial charge in [0, 0.05) is 19.6 Å². The molecule has 1 fully saturated rings. The van der Waals surface area contributed by atoms with Crippen LogP contribution in [-0.2, 0) is 6.42 Å². The SMILES string of the molecule is CCCCc1ccc(OCCCN2C[C@H](C)C[C@@H](C)C2)cc1. The molecule has 1 aliphatic heterocycles. The minimum atomic E-state index is 0.827. The average Bonchev–Trinajstić information content (AvgIpc) is 2.50. The van der Waals surface area contributed by atoms with E-state index in [4.69, 9.17) is 4.74 Å². The number of hydrogen-bond acceptors (Lipinski definition) is 2. The Hall–Kier alpha value is -1.02. The molecular formula is C20H33NO. The monoisotopic (exact) mass is 303 g/mol. The van der Waals surface area contributed by atoms with Gasteiger partial charge >= 0.3 is 0 Å². The van der Waals surface area contributed by atoms with E-state index < -0.39 is 0 Å². The fraction of sp³-hybridized carbons (Fsp3) is 0.700. The summed E-state index contributed by atoms with van der Waals surface area (Å²) in [6.07, 6.45) is 6.22. The number of unbranched alkanes of at least 4 members (excludes halogenated alkanes) is 1. The van der Waals surface area contributed by atoms with Crippen molar-refractivity contribution < 1.29 is 4.74 Å². The van der Waals surface area contributed by atoms with Crippen molar-refractivity contribution in [2.24, 2.45) is 11.8 Å². The highest BCUT2D eigenvalue weighted by Gasteiger charge is 2.20. The van der Waals surface area contributed by atoms with E-state index in [-0.39, 0.29) is 0 Å². The van der Waals surface area contributed by atoms with Crippen LogP contribution in [-0.4, -0.2) is 31.1 Å². The lowest BCUT2D eigenvalue weighted by Gasteiger charge is -2.34. The summed E-state index contributed by atoms with van der Waals surface area (Å²) in [6, 6.07) is 8.66. The van der Waals surface area contributed by atoms with Gasteiger partial charge in [-0.1, -0.05) is 39.3 Å². The molecule has 0 spiro atoms. The van der Waals surface area contributed by atoms with E-state index in [1.54, 1.807) is 0 Å². The second-order valence-corrected chi connectivity index (χ2v) is 7.16. The highest BCUT2D eigenvalue weighted by Crippen LogP contribution is 2.21. The molecule has 2 rings (SSSR count). The Bertz CT molecular complexity index is 404. The predicted molar refractivity (Wildman–Crippen MR) is 94.6 cm³/mol. The van der Waals surface area contributed by atoms with Crippen molar-refractivity contribution >= 4 is 0 Å². The fourth-order valence-corrected chi connectivity index (χ4v) is 3.59. The van der Waals surface area contributed by atoms with Gasteiger partial charge in [-0.05, 0) is 55.2 Å². The third-order valence-corrected chi connectivity index (χ3v) is 4.57. The number of aryl methyl sites for hydroxylation is 1. The molecule has 2 atom stereocenters. The van der Waals surface area contributed by atoms with E-state index in [0.717, 1.165) is 30.6 Å². The summed E-state index contributed by atoms with van der Waals surface area (Å²) >= 11 is 0. The number of ether oxygens (including phenoxy) is 1. The number of rotatable bonds is 8. The zero-order valence-electron chi connectivity index (χ0n) is 14.7. The van der Waals surface area contributed by atoms with E-state index in [9.17, 15) is 0 Å². The van der Waals surface area contributed by atoms with E-state index in [1.807, 2.05) is 0 Å². The summed E-state index contributed by atoms with van der Waals surface area (Å²) in [5, 5.41) is 0. The molecule has 0 N–H and O–H groups in total. The molecule has 22 heavy (non-hydrogen) atoms. The minimum absolute atomic E-state index is 0.827. The first-order valence-corrected chi connectivity index (χ1v) is 9.11. The smallest absolute Gasteiger partial charge is 0.119 e. The standard InChI is InChI=1S/C20H33NO/c1-4-5-7-19-8-10-20(11-9-19)22-13-6-12-21-15-17(2)14-18(3)16-21/h8-11,17-18H,4-7,12-16H2,1-3H3/t17-,18-/m1/s1. The Kier molecular flexibility index (Phi) is 7.24. The van der Waals surface area contributed by atoms with Gasteiger partial charge in [0.2, 0.25) is 0 Å². The van der Waals surface area contributed by atoms with Crippen molar-refractivity contribution in [2.75, 3.05) is 26.2 Å². The predicted octanol–water partition coefficient (Wildman–Crippen LogP) is 4.78. The summed E-state index contributed by atoms with van der Waals surface area (Å²) in [5.74, 6) is 2.71. The maximum Gasteiger partial charge on any atom is 0.119 e. The first-order valence-electron chi connectivity index (χ1n) is 9.11. The second-order valence-electron chi connectivity index (χ2n) is 7.16. The van der Waals surface area contributed by atoms with Crippen LogP contribution in [0.3, 0.4) is 0 Å². The minimum Gasteiger partial charge on any atom is -0.494 e. The molecule has 124 valence electrons. The number of nitrogens with zero attached hydrogens (tertiary/aromatic N) is 1. The topological polar surface area (TPSA) is 12.5 Å². The van der Waals surface area contributed by atoms with Crippen LogP contribution in [0.1, 0.15) is 52.0 Å². The lowest BCUT2D eigenvalue weighted by atomic mass is 9.92. The van der Waals surface area contributed by atoms with Gasteiger partial charge < -0.3 is 9.64 Å². The molecule has 0 radical (unpaired) electrons. The van der Waals surface area contributed by atoms with Crippen LogP contribution < -0.4 is 4.74 Å². The molecule has 0 amide bonds. The second kappa shape index (κ2) is 9.19. The number of hydrogen-bond donors (Lipinski definition) is 0. The van der Waals surface area contributed by atoms with Crippen LogP contribution in [0.5, 0.6) is 5.75 Å². The Morgan fingerprint density at radius 2 is 1.73 bits per heavy atom. The third kappa shape index (κ3) is 6.00. The van der Waals surface area contributed by atoms with Crippen LogP contribution in [0.2, 0.25) is 0 Å². The maximum absolute atomic E-state index is 5.88. The van der Waals surface area contributed by atoms with Gasteiger partial charge in [0.05, 0.1) is 6.61 Å². The van der Waals surface area contributed by atoms with Gasteiger partial charge in [-0.15, -0.1) is 0 Å². The molecule has 1 aromatic carbocycles. The number of likely N-dealkylation sites (tertiary alicyclic amines) is 1. The molecule has 0 aliphatic carbocycles. The Morgan fingerprint density at radius 1 is 1.05 bits per heavy atom. The fourth-order valence-electron chi connectivity index (χ4n) is 3.59. The molecule has 0 aromatic heterocycles. The van der Waals surface area contributed by atoms with E-state index in [1.165, 1.54) is 50.9 Å². The molecule has 0 saturated carbocycles. The molecule has 1 aliphatic rings. The number of piperidine rings is 1. The molecule has 1 saturated heterocycles.